The molecule has 9 heteroatoms. The third kappa shape index (κ3) is 8.84. The molecule has 1 aromatic carbocycles. The number of aryl methyl sites for hydroxylation is 2. The van der Waals surface area contributed by atoms with Crippen molar-refractivity contribution in [3.05, 3.63) is 34.9 Å². The Morgan fingerprint density at radius 2 is 1.81 bits per heavy atom. The number of hydrogen-bond donors (Lipinski definition) is 3. The number of alkyl carbamates (subject to hydrolysis) is 1. The molecule has 0 radical (unpaired) electrons. The monoisotopic (exact) mass is 502 g/mol. The molecule has 0 aliphatic heterocycles. The van der Waals surface area contributed by atoms with Crippen LogP contribution in [0.15, 0.2) is 18.2 Å². The van der Waals surface area contributed by atoms with Gasteiger partial charge < -0.3 is 26.0 Å². The largest absolute Gasteiger partial charge is 0.444 e. The standard InChI is InChI=1S/C27H42N4O5/c1-7-8-15-29-24(33)23(19-10-9-17(2)18(3)16-19)31(20-11-12-20)25(34)21(13-14-22(28)32)30-26(35)36-27(4,5)6/h9-10,16,20-21,23H,7-8,11-15H2,1-6H3,(H2,28,32)(H,29,33)(H,30,35). The highest BCUT2D eigenvalue weighted by molar-refractivity contribution is 5.93. The smallest absolute Gasteiger partial charge is 0.408 e. The van der Waals surface area contributed by atoms with Gasteiger partial charge in [0.2, 0.25) is 17.7 Å². The zero-order chi connectivity index (χ0) is 27.0. The molecule has 4 amide bonds. The van der Waals surface area contributed by atoms with Crippen LogP contribution in [-0.2, 0) is 19.1 Å². The summed E-state index contributed by atoms with van der Waals surface area (Å²) < 4.78 is 5.35. The van der Waals surface area contributed by atoms with Gasteiger partial charge in [-0.15, -0.1) is 0 Å². The predicted molar refractivity (Wildman–Crippen MR) is 138 cm³/mol. The minimum Gasteiger partial charge on any atom is -0.444 e. The molecule has 0 bridgehead atoms. The van der Waals surface area contributed by atoms with Crippen LogP contribution in [-0.4, -0.2) is 52.9 Å². The van der Waals surface area contributed by atoms with Crippen LogP contribution >= 0.6 is 0 Å². The lowest BCUT2D eigenvalue weighted by molar-refractivity contribution is -0.143. The van der Waals surface area contributed by atoms with Crippen molar-refractivity contribution in [2.75, 3.05) is 6.54 Å². The fraction of sp³-hybridized carbons (Fsp3) is 0.630. The molecule has 0 saturated heterocycles. The molecular formula is C27H42N4O5. The molecule has 36 heavy (non-hydrogen) atoms. The Morgan fingerprint density at radius 1 is 1.14 bits per heavy atom. The highest BCUT2D eigenvalue weighted by atomic mass is 16.6. The SMILES string of the molecule is CCCCNC(=O)C(c1ccc(C)c(C)c1)N(C(=O)C(CCC(N)=O)NC(=O)OC(C)(C)C)C1CC1. The van der Waals surface area contributed by atoms with Crippen LogP contribution in [0.25, 0.3) is 0 Å². The summed E-state index contributed by atoms with van der Waals surface area (Å²) >= 11 is 0. The van der Waals surface area contributed by atoms with Crippen molar-refractivity contribution in [1.82, 2.24) is 15.5 Å². The molecule has 9 nitrogen and oxygen atoms in total. The number of unbranched alkanes of at least 4 members (excludes halogenated alkanes) is 1. The molecule has 2 atom stereocenters. The Morgan fingerprint density at radius 3 is 2.33 bits per heavy atom. The van der Waals surface area contributed by atoms with Crippen molar-refractivity contribution in [3.8, 4) is 0 Å². The van der Waals surface area contributed by atoms with Gasteiger partial charge in [-0.25, -0.2) is 4.79 Å². The van der Waals surface area contributed by atoms with E-state index in [1.807, 2.05) is 39.0 Å². The van der Waals surface area contributed by atoms with Gasteiger partial charge in [0.15, 0.2) is 0 Å². The minimum absolute atomic E-state index is 0.00767. The molecule has 1 aliphatic rings. The number of carbonyl (C=O) groups excluding carboxylic acids is 4. The van der Waals surface area contributed by atoms with Crippen LogP contribution in [0.4, 0.5) is 4.79 Å². The van der Waals surface area contributed by atoms with Crippen molar-refractivity contribution in [3.63, 3.8) is 0 Å². The zero-order valence-electron chi connectivity index (χ0n) is 22.5. The molecule has 1 aliphatic carbocycles. The van der Waals surface area contributed by atoms with E-state index in [9.17, 15) is 19.2 Å². The van der Waals surface area contributed by atoms with Crippen molar-refractivity contribution in [2.24, 2.45) is 5.73 Å². The maximum Gasteiger partial charge on any atom is 0.408 e. The van der Waals surface area contributed by atoms with E-state index < -0.39 is 35.6 Å². The first-order valence-corrected chi connectivity index (χ1v) is 12.8. The van der Waals surface area contributed by atoms with Gasteiger partial charge in [0, 0.05) is 19.0 Å². The van der Waals surface area contributed by atoms with Crippen molar-refractivity contribution in [2.45, 2.75) is 104 Å². The Hall–Kier alpha value is -3.10. The van der Waals surface area contributed by atoms with Crippen molar-refractivity contribution < 1.29 is 23.9 Å². The lowest BCUT2D eigenvalue weighted by atomic mass is 9.97. The molecule has 0 heterocycles. The molecule has 0 spiro atoms. The first-order valence-electron chi connectivity index (χ1n) is 12.8. The molecule has 1 fully saturated rings. The topological polar surface area (TPSA) is 131 Å². The fourth-order valence-corrected chi connectivity index (χ4v) is 3.90. The zero-order valence-corrected chi connectivity index (χ0v) is 22.5. The lowest BCUT2D eigenvalue weighted by Crippen LogP contribution is -2.54. The van der Waals surface area contributed by atoms with Gasteiger partial charge in [0.1, 0.15) is 17.7 Å². The highest BCUT2D eigenvalue weighted by Crippen LogP contribution is 2.36. The number of nitrogens with one attached hydrogen (secondary N) is 2. The molecule has 2 rings (SSSR count). The van der Waals surface area contributed by atoms with Crippen LogP contribution < -0.4 is 16.4 Å². The van der Waals surface area contributed by atoms with Crippen LogP contribution in [0, 0.1) is 13.8 Å². The summed E-state index contributed by atoms with van der Waals surface area (Å²) in [5.74, 6) is -1.28. The summed E-state index contributed by atoms with van der Waals surface area (Å²) in [4.78, 5) is 53.1. The third-order valence-electron chi connectivity index (χ3n) is 6.07. The number of rotatable bonds is 12. The summed E-state index contributed by atoms with van der Waals surface area (Å²) in [5.41, 5.74) is 7.38. The van der Waals surface area contributed by atoms with E-state index in [1.165, 1.54) is 0 Å². The summed E-state index contributed by atoms with van der Waals surface area (Å²) in [6.45, 7) is 11.7. The van der Waals surface area contributed by atoms with E-state index >= 15 is 0 Å². The average Bonchev–Trinajstić information content (AvgIpc) is 3.60. The van der Waals surface area contributed by atoms with E-state index in [0.29, 0.717) is 12.1 Å². The second kappa shape index (κ2) is 12.7. The third-order valence-corrected chi connectivity index (χ3v) is 6.07. The van der Waals surface area contributed by atoms with Gasteiger partial charge in [-0.05, 0) is 77.0 Å². The van der Waals surface area contributed by atoms with E-state index in [-0.39, 0.29) is 24.8 Å². The van der Waals surface area contributed by atoms with Gasteiger partial charge in [-0.2, -0.15) is 0 Å². The van der Waals surface area contributed by atoms with E-state index in [1.54, 1.807) is 25.7 Å². The summed E-state index contributed by atoms with van der Waals surface area (Å²) in [7, 11) is 0. The second-order valence-corrected chi connectivity index (χ2v) is 10.6. The van der Waals surface area contributed by atoms with Gasteiger partial charge in [-0.3, -0.25) is 14.4 Å². The van der Waals surface area contributed by atoms with Crippen LogP contribution in [0.1, 0.15) is 89.0 Å². The van der Waals surface area contributed by atoms with Gasteiger partial charge >= 0.3 is 6.09 Å². The Bertz CT molecular complexity index is 952. The maximum absolute atomic E-state index is 14.0. The number of carbonyl (C=O) groups is 4. The molecule has 4 N–H and O–H groups in total. The van der Waals surface area contributed by atoms with Gasteiger partial charge in [0.05, 0.1) is 0 Å². The number of primary amides is 1. The van der Waals surface area contributed by atoms with Crippen LogP contribution in [0.3, 0.4) is 0 Å². The molecule has 0 aromatic heterocycles. The minimum atomic E-state index is -1.06. The molecular weight excluding hydrogens is 460 g/mol. The summed E-state index contributed by atoms with van der Waals surface area (Å²) in [6.07, 6.45) is 2.40. The first kappa shape index (κ1) is 29.1. The van der Waals surface area contributed by atoms with Crippen LogP contribution in [0.2, 0.25) is 0 Å². The van der Waals surface area contributed by atoms with Gasteiger partial charge in [0.25, 0.3) is 0 Å². The van der Waals surface area contributed by atoms with E-state index in [4.69, 9.17) is 10.5 Å². The molecule has 1 aromatic rings. The summed E-state index contributed by atoms with van der Waals surface area (Å²) in [5, 5.41) is 5.59. The highest BCUT2D eigenvalue weighted by Gasteiger charge is 2.44. The number of ether oxygens (including phenoxy) is 1. The quantitative estimate of drug-likeness (QED) is 0.377. The number of nitrogens with two attached hydrogens (primary N) is 1. The Kier molecular flexibility index (Phi) is 10.3. The molecule has 2 unspecified atom stereocenters. The molecule has 200 valence electrons. The number of nitrogens with zero attached hydrogens (tertiary/aromatic N) is 1. The normalized spacial score (nSPS) is 14.9. The van der Waals surface area contributed by atoms with Gasteiger partial charge in [-0.1, -0.05) is 31.5 Å². The van der Waals surface area contributed by atoms with Crippen molar-refractivity contribution in [1.29, 1.82) is 0 Å². The Balaban J connectivity index is 2.44. The number of benzene rings is 1. The lowest BCUT2D eigenvalue weighted by Gasteiger charge is -2.35. The average molecular weight is 503 g/mol. The summed E-state index contributed by atoms with van der Waals surface area (Å²) in [6, 6.07) is 3.67. The first-order chi connectivity index (χ1) is 16.8. The number of amides is 4. The van der Waals surface area contributed by atoms with Crippen LogP contribution in [0.5, 0.6) is 0 Å². The Labute approximate surface area is 214 Å². The maximum atomic E-state index is 14.0. The van der Waals surface area contributed by atoms with Crippen molar-refractivity contribution >= 4 is 23.8 Å². The molecule has 1 saturated carbocycles. The fourth-order valence-electron chi connectivity index (χ4n) is 3.90. The predicted octanol–water partition coefficient (Wildman–Crippen LogP) is 3.41. The second-order valence-electron chi connectivity index (χ2n) is 10.6. The number of hydrogen-bond acceptors (Lipinski definition) is 5. The van der Waals surface area contributed by atoms with E-state index in [2.05, 4.69) is 10.6 Å². The van der Waals surface area contributed by atoms with E-state index in [0.717, 1.165) is 36.8 Å².